The van der Waals surface area contributed by atoms with E-state index >= 15 is 0 Å². The first-order valence-corrected chi connectivity index (χ1v) is 2.39. The van der Waals surface area contributed by atoms with E-state index in [1.54, 1.807) is 6.92 Å². The molecule has 0 fully saturated rings. The molecular formula is C5H5N2O2. The highest BCUT2D eigenvalue weighted by Gasteiger charge is 2.05. The van der Waals surface area contributed by atoms with Gasteiger partial charge >= 0.3 is 5.91 Å². The number of hydrogen-bond acceptors (Lipinski definition) is 3. The van der Waals surface area contributed by atoms with Crippen LogP contribution >= 0.6 is 0 Å². The third-order valence-corrected chi connectivity index (χ3v) is 0.852. The Morgan fingerprint density at radius 3 is 2.78 bits per heavy atom. The maximum Gasteiger partial charge on any atom is 0.308 e. The molecule has 0 aromatic carbocycles. The summed E-state index contributed by atoms with van der Waals surface area (Å²) in [4.78, 5) is 10.2. The largest absolute Gasteiger partial charge is 0.351 e. The van der Waals surface area contributed by atoms with Crippen molar-refractivity contribution in [2.24, 2.45) is 0 Å². The van der Waals surface area contributed by atoms with Crippen LogP contribution in [0.5, 0.6) is 0 Å². The number of carbonyl (C=O) groups excluding carboxylic acids is 1. The molecule has 0 unspecified atom stereocenters. The van der Waals surface area contributed by atoms with Crippen molar-refractivity contribution in [1.29, 1.82) is 0 Å². The number of nitrogens with zero attached hydrogens (tertiary/aromatic N) is 1. The van der Waals surface area contributed by atoms with Crippen LogP contribution in [0.25, 0.3) is 0 Å². The monoisotopic (exact) mass is 125 g/mol. The molecule has 1 radical (unpaired) electrons. The summed E-state index contributed by atoms with van der Waals surface area (Å²) in [5, 5.41) is 3.42. The zero-order valence-electron chi connectivity index (χ0n) is 4.84. The predicted molar refractivity (Wildman–Crippen MR) is 28.7 cm³/mol. The second-order valence-corrected chi connectivity index (χ2v) is 1.66. The Bertz CT molecular complexity index is 229. The van der Waals surface area contributed by atoms with E-state index in [4.69, 9.17) is 5.73 Å². The molecular weight excluding hydrogens is 120 g/mol. The van der Waals surface area contributed by atoms with Crippen LogP contribution in [-0.4, -0.2) is 11.1 Å². The minimum absolute atomic E-state index is 0.00694. The molecule has 1 aromatic heterocycles. The Morgan fingerprint density at radius 1 is 1.89 bits per heavy atom. The first kappa shape index (κ1) is 5.81. The van der Waals surface area contributed by atoms with E-state index in [9.17, 15) is 4.79 Å². The topological polar surface area (TPSA) is 66.9 Å². The van der Waals surface area contributed by atoms with E-state index in [1.807, 2.05) is 0 Å². The summed E-state index contributed by atoms with van der Waals surface area (Å²) in [6.45, 7) is 1.69. The van der Waals surface area contributed by atoms with Gasteiger partial charge in [-0.25, -0.2) is 0 Å². The summed E-state index contributed by atoms with van der Waals surface area (Å²) < 4.78 is 4.44. The van der Waals surface area contributed by atoms with E-state index in [2.05, 4.69) is 9.68 Å². The standard InChI is InChI=1S/C5H5N2O2/c1-3-2-4(5(6)8)9-7-3/h2,6H,1H3. The summed E-state index contributed by atoms with van der Waals surface area (Å²) in [6.07, 6.45) is 0. The van der Waals surface area contributed by atoms with E-state index < -0.39 is 5.91 Å². The van der Waals surface area contributed by atoms with Gasteiger partial charge in [-0.2, -0.15) is 0 Å². The number of nitrogens with one attached hydrogen (secondary N) is 1. The van der Waals surface area contributed by atoms with Crippen LogP contribution in [0.3, 0.4) is 0 Å². The molecule has 0 aliphatic carbocycles. The molecule has 1 amide bonds. The predicted octanol–water partition coefficient (Wildman–Crippen LogP) is 0.406. The first-order chi connectivity index (χ1) is 4.20. The maximum absolute atomic E-state index is 10.2. The van der Waals surface area contributed by atoms with Crippen LogP contribution in [-0.2, 0) is 0 Å². The van der Waals surface area contributed by atoms with E-state index in [1.165, 1.54) is 6.07 Å². The third kappa shape index (κ3) is 1.07. The molecule has 4 nitrogen and oxygen atoms in total. The molecule has 1 heterocycles. The average Bonchev–Trinajstić information content (AvgIpc) is 2.14. The zero-order chi connectivity index (χ0) is 6.85. The van der Waals surface area contributed by atoms with Gasteiger partial charge in [0.1, 0.15) is 0 Å². The second kappa shape index (κ2) is 1.89. The highest BCUT2D eigenvalue weighted by atomic mass is 16.5. The summed E-state index contributed by atoms with van der Waals surface area (Å²) in [5.74, 6) is -0.844. The summed E-state index contributed by atoms with van der Waals surface area (Å²) in [5.41, 5.74) is 7.18. The quantitative estimate of drug-likeness (QED) is 0.545. The average molecular weight is 125 g/mol. The lowest BCUT2D eigenvalue weighted by Crippen LogP contribution is -1.94. The molecule has 0 atom stereocenters. The van der Waals surface area contributed by atoms with Crippen molar-refractivity contribution in [3.63, 3.8) is 0 Å². The SMILES string of the molecule is Cc1cc(C([NH])=O)on1. The molecule has 9 heavy (non-hydrogen) atoms. The molecule has 4 heteroatoms. The number of aryl methyl sites for hydroxylation is 1. The van der Waals surface area contributed by atoms with Gasteiger partial charge in [0.05, 0.1) is 5.69 Å². The van der Waals surface area contributed by atoms with Crippen LogP contribution in [0.15, 0.2) is 10.6 Å². The van der Waals surface area contributed by atoms with Crippen molar-refractivity contribution in [2.45, 2.75) is 6.92 Å². The Hall–Kier alpha value is -1.32. The molecule has 0 saturated carbocycles. The fourth-order valence-corrected chi connectivity index (χ4v) is 0.471. The third-order valence-electron chi connectivity index (χ3n) is 0.852. The van der Waals surface area contributed by atoms with Gasteiger partial charge in [0.15, 0.2) is 0 Å². The number of amides is 1. The fourth-order valence-electron chi connectivity index (χ4n) is 0.471. The fraction of sp³-hybridized carbons (Fsp3) is 0.200. The lowest BCUT2D eigenvalue weighted by atomic mass is 10.4. The van der Waals surface area contributed by atoms with Gasteiger partial charge in [-0.15, -0.1) is 0 Å². The Kier molecular flexibility index (Phi) is 1.22. The number of hydrogen-bond donors (Lipinski definition) is 0. The Morgan fingerprint density at radius 2 is 2.56 bits per heavy atom. The molecule has 47 valence electrons. The minimum atomic E-state index is -0.837. The van der Waals surface area contributed by atoms with Gasteiger partial charge in [0.2, 0.25) is 5.76 Å². The molecule has 1 aromatic rings. The van der Waals surface area contributed by atoms with E-state index in [0.717, 1.165) is 0 Å². The van der Waals surface area contributed by atoms with Crippen molar-refractivity contribution in [2.75, 3.05) is 0 Å². The van der Waals surface area contributed by atoms with Crippen molar-refractivity contribution in [1.82, 2.24) is 10.9 Å². The maximum atomic E-state index is 10.2. The molecule has 0 aliphatic heterocycles. The molecule has 0 saturated heterocycles. The molecule has 1 rings (SSSR count). The summed E-state index contributed by atoms with van der Waals surface area (Å²) in [7, 11) is 0. The van der Waals surface area contributed by atoms with Crippen molar-refractivity contribution >= 4 is 5.91 Å². The van der Waals surface area contributed by atoms with Gasteiger partial charge < -0.3 is 4.52 Å². The van der Waals surface area contributed by atoms with Crippen LogP contribution in [0, 0.1) is 6.92 Å². The van der Waals surface area contributed by atoms with E-state index in [-0.39, 0.29) is 5.76 Å². The van der Waals surface area contributed by atoms with Crippen LogP contribution in [0.2, 0.25) is 0 Å². The zero-order valence-corrected chi connectivity index (χ0v) is 4.84. The van der Waals surface area contributed by atoms with Gasteiger partial charge in [-0.1, -0.05) is 5.16 Å². The van der Waals surface area contributed by atoms with Crippen molar-refractivity contribution < 1.29 is 9.32 Å². The summed E-state index contributed by atoms with van der Waals surface area (Å²) in [6, 6.07) is 1.43. The molecule has 0 bridgehead atoms. The van der Waals surface area contributed by atoms with Crippen molar-refractivity contribution in [3.05, 3.63) is 17.5 Å². The highest BCUT2D eigenvalue weighted by Crippen LogP contribution is 1.99. The number of carbonyl (C=O) groups is 1. The summed E-state index contributed by atoms with van der Waals surface area (Å²) >= 11 is 0. The highest BCUT2D eigenvalue weighted by molar-refractivity contribution is 5.89. The van der Waals surface area contributed by atoms with E-state index in [0.29, 0.717) is 5.69 Å². The second-order valence-electron chi connectivity index (χ2n) is 1.66. The first-order valence-electron chi connectivity index (χ1n) is 2.39. The molecule has 0 spiro atoms. The number of rotatable bonds is 1. The lowest BCUT2D eigenvalue weighted by Gasteiger charge is -1.76. The van der Waals surface area contributed by atoms with Gasteiger partial charge in [-0.05, 0) is 6.92 Å². The normalized spacial score (nSPS) is 9.44. The number of aromatic nitrogens is 1. The van der Waals surface area contributed by atoms with Gasteiger partial charge in [-0.3, -0.25) is 10.5 Å². The van der Waals surface area contributed by atoms with Crippen LogP contribution in [0.1, 0.15) is 16.2 Å². The molecule has 0 aliphatic rings. The Balaban J connectivity index is 2.98. The smallest absolute Gasteiger partial charge is 0.308 e. The Labute approximate surface area is 51.6 Å². The van der Waals surface area contributed by atoms with Crippen molar-refractivity contribution in [3.8, 4) is 0 Å². The van der Waals surface area contributed by atoms with Gasteiger partial charge in [0.25, 0.3) is 0 Å². The molecule has 1 N–H and O–H groups in total. The van der Waals surface area contributed by atoms with Crippen LogP contribution in [0.4, 0.5) is 0 Å². The van der Waals surface area contributed by atoms with Gasteiger partial charge in [0, 0.05) is 6.07 Å². The van der Waals surface area contributed by atoms with Crippen LogP contribution < -0.4 is 5.73 Å². The lowest BCUT2D eigenvalue weighted by molar-refractivity contribution is 0.0956. The minimum Gasteiger partial charge on any atom is -0.351 e.